The molecule has 0 spiro atoms. The molecule has 0 aliphatic carbocycles. The van der Waals surface area contributed by atoms with Crippen molar-refractivity contribution >= 4 is 11.5 Å². The SMILES string of the molecule is C#CC(CC)(CC)NC(=O)C[NH+]1CC=C(c2ccccc2)CC1. The van der Waals surface area contributed by atoms with Crippen LogP contribution in [-0.4, -0.2) is 31.1 Å². The standard InChI is InChI=1S/C20H26N2O/c1-4-20(5-2,6-3)21-19(23)16-22-14-12-18(13-15-22)17-10-8-7-9-11-17/h1,7-12H,5-6,13-16H2,2-3H3,(H,21,23)/p+1. The molecule has 0 fully saturated rings. The molecule has 0 aromatic heterocycles. The lowest BCUT2D eigenvalue weighted by molar-refractivity contribution is -0.886. The van der Waals surface area contributed by atoms with Crippen LogP contribution in [0.2, 0.25) is 0 Å². The number of amides is 1. The van der Waals surface area contributed by atoms with Crippen molar-refractivity contribution in [2.45, 2.75) is 38.6 Å². The quantitative estimate of drug-likeness (QED) is 0.770. The average Bonchev–Trinajstić information content (AvgIpc) is 2.61. The molecule has 2 N–H and O–H groups in total. The number of carbonyl (C=O) groups is 1. The Morgan fingerprint density at radius 2 is 2.00 bits per heavy atom. The van der Waals surface area contributed by atoms with Gasteiger partial charge >= 0.3 is 0 Å². The number of nitrogens with one attached hydrogen (secondary N) is 2. The van der Waals surface area contributed by atoms with Gasteiger partial charge in [-0.3, -0.25) is 4.79 Å². The van der Waals surface area contributed by atoms with Crippen LogP contribution in [0.5, 0.6) is 0 Å². The third kappa shape index (κ3) is 4.46. The largest absolute Gasteiger partial charge is 0.335 e. The number of rotatable bonds is 6. The van der Waals surface area contributed by atoms with Gasteiger partial charge in [0.2, 0.25) is 0 Å². The maximum absolute atomic E-state index is 12.3. The van der Waals surface area contributed by atoms with E-state index < -0.39 is 5.54 Å². The molecule has 0 saturated carbocycles. The maximum atomic E-state index is 12.3. The molecule has 1 amide bonds. The Bertz CT molecular complexity index is 594. The van der Waals surface area contributed by atoms with Crippen LogP contribution in [0.1, 0.15) is 38.7 Å². The van der Waals surface area contributed by atoms with Crippen LogP contribution in [0.15, 0.2) is 36.4 Å². The molecule has 122 valence electrons. The molecule has 23 heavy (non-hydrogen) atoms. The molecule has 2 rings (SSSR count). The second kappa shape index (κ2) is 7.99. The molecule has 1 aromatic rings. The number of carbonyl (C=O) groups excluding carboxylic acids is 1. The van der Waals surface area contributed by atoms with Crippen LogP contribution in [-0.2, 0) is 4.79 Å². The third-order valence-corrected chi connectivity index (χ3v) is 4.80. The normalized spacial score (nSPS) is 18.0. The topological polar surface area (TPSA) is 33.5 Å². The molecule has 0 radical (unpaired) electrons. The predicted molar refractivity (Wildman–Crippen MR) is 94.9 cm³/mol. The van der Waals surface area contributed by atoms with Crippen LogP contribution >= 0.6 is 0 Å². The van der Waals surface area contributed by atoms with E-state index >= 15 is 0 Å². The van der Waals surface area contributed by atoms with E-state index in [1.165, 1.54) is 16.0 Å². The van der Waals surface area contributed by atoms with E-state index in [4.69, 9.17) is 6.42 Å². The zero-order valence-electron chi connectivity index (χ0n) is 14.2. The summed E-state index contributed by atoms with van der Waals surface area (Å²) in [4.78, 5) is 13.6. The highest BCUT2D eigenvalue weighted by molar-refractivity contribution is 5.78. The number of quaternary nitrogens is 1. The first-order valence-electron chi connectivity index (χ1n) is 8.49. The fourth-order valence-electron chi connectivity index (χ4n) is 3.06. The lowest BCUT2D eigenvalue weighted by Gasteiger charge is -2.29. The lowest BCUT2D eigenvalue weighted by Crippen LogP contribution is -3.13. The smallest absolute Gasteiger partial charge is 0.276 e. The Kier molecular flexibility index (Phi) is 6.01. The van der Waals surface area contributed by atoms with Crippen LogP contribution in [0.4, 0.5) is 0 Å². The van der Waals surface area contributed by atoms with E-state index in [9.17, 15) is 4.79 Å². The molecular formula is C20H27N2O+. The minimum Gasteiger partial charge on any atom is -0.335 e. The molecule has 1 heterocycles. The van der Waals surface area contributed by atoms with Gasteiger partial charge < -0.3 is 10.2 Å². The third-order valence-electron chi connectivity index (χ3n) is 4.80. The summed E-state index contributed by atoms with van der Waals surface area (Å²) in [6.45, 7) is 6.40. The number of terminal acetylenes is 1. The van der Waals surface area contributed by atoms with Crippen LogP contribution in [0, 0.1) is 12.3 Å². The molecule has 0 saturated heterocycles. The van der Waals surface area contributed by atoms with Crippen molar-refractivity contribution < 1.29 is 9.69 Å². The van der Waals surface area contributed by atoms with Crippen molar-refractivity contribution in [1.29, 1.82) is 0 Å². The zero-order chi connectivity index (χ0) is 16.7. The van der Waals surface area contributed by atoms with Gasteiger partial charge in [-0.1, -0.05) is 50.1 Å². The summed E-state index contributed by atoms with van der Waals surface area (Å²) in [5, 5.41) is 3.05. The summed E-state index contributed by atoms with van der Waals surface area (Å²) in [6, 6.07) is 10.5. The molecule has 1 aliphatic rings. The molecule has 0 bridgehead atoms. The zero-order valence-corrected chi connectivity index (χ0v) is 14.2. The van der Waals surface area contributed by atoms with Crippen molar-refractivity contribution in [2.24, 2.45) is 0 Å². The molecule has 1 unspecified atom stereocenters. The highest BCUT2D eigenvalue weighted by Gasteiger charge is 2.27. The van der Waals surface area contributed by atoms with Crippen LogP contribution in [0.25, 0.3) is 5.57 Å². The summed E-state index contributed by atoms with van der Waals surface area (Å²) < 4.78 is 0. The first-order valence-corrected chi connectivity index (χ1v) is 8.49. The lowest BCUT2D eigenvalue weighted by atomic mass is 9.94. The van der Waals surface area contributed by atoms with E-state index in [0.29, 0.717) is 6.54 Å². The van der Waals surface area contributed by atoms with Crippen molar-refractivity contribution in [3.05, 3.63) is 42.0 Å². The summed E-state index contributed by atoms with van der Waals surface area (Å²) in [5.74, 6) is 2.81. The molecule has 1 atom stereocenters. The van der Waals surface area contributed by atoms with Gasteiger partial charge in [0, 0.05) is 6.42 Å². The summed E-state index contributed by atoms with van der Waals surface area (Å²) >= 11 is 0. The van der Waals surface area contributed by atoms with E-state index in [0.717, 1.165) is 32.4 Å². The second-order valence-electron chi connectivity index (χ2n) is 6.21. The van der Waals surface area contributed by atoms with E-state index in [1.54, 1.807) is 0 Å². The van der Waals surface area contributed by atoms with E-state index in [2.05, 4.69) is 41.6 Å². The summed E-state index contributed by atoms with van der Waals surface area (Å²) in [7, 11) is 0. The molecule has 1 aliphatic heterocycles. The Morgan fingerprint density at radius 1 is 1.30 bits per heavy atom. The van der Waals surface area contributed by atoms with Crippen molar-refractivity contribution in [3.63, 3.8) is 0 Å². The van der Waals surface area contributed by atoms with E-state index in [-0.39, 0.29) is 5.91 Å². The molecule has 3 heteroatoms. The highest BCUT2D eigenvalue weighted by atomic mass is 16.2. The highest BCUT2D eigenvalue weighted by Crippen LogP contribution is 2.17. The maximum Gasteiger partial charge on any atom is 0.276 e. The van der Waals surface area contributed by atoms with Gasteiger partial charge in [0.05, 0.1) is 13.1 Å². The van der Waals surface area contributed by atoms with Gasteiger partial charge in [0.1, 0.15) is 5.54 Å². The number of hydrogen-bond acceptors (Lipinski definition) is 1. The minimum absolute atomic E-state index is 0.0539. The Morgan fingerprint density at radius 3 is 2.52 bits per heavy atom. The summed E-state index contributed by atoms with van der Waals surface area (Å²) in [6.07, 6.45) is 10.4. The first kappa shape index (κ1) is 17.3. The monoisotopic (exact) mass is 311 g/mol. The molecular weight excluding hydrogens is 284 g/mol. The van der Waals surface area contributed by atoms with Crippen molar-refractivity contribution in [1.82, 2.24) is 5.32 Å². The van der Waals surface area contributed by atoms with Crippen LogP contribution in [0.3, 0.4) is 0 Å². The average molecular weight is 311 g/mol. The Hall–Kier alpha value is -2.05. The molecule has 3 nitrogen and oxygen atoms in total. The molecule has 1 aromatic carbocycles. The fourth-order valence-corrected chi connectivity index (χ4v) is 3.06. The fraction of sp³-hybridized carbons (Fsp3) is 0.450. The van der Waals surface area contributed by atoms with Crippen LogP contribution < -0.4 is 10.2 Å². The van der Waals surface area contributed by atoms with E-state index in [1.807, 2.05) is 19.9 Å². The Balaban J connectivity index is 1.90. The Labute approximate surface area is 139 Å². The van der Waals surface area contributed by atoms with Crippen molar-refractivity contribution in [3.8, 4) is 12.3 Å². The van der Waals surface area contributed by atoms with Gasteiger partial charge in [-0.2, -0.15) is 0 Å². The first-order chi connectivity index (χ1) is 11.1. The van der Waals surface area contributed by atoms with Gasteiger partial charge in [0.15, 0.2) is 6.54 Å². The minimum atomic E-state index is -0.489. The number of hydrogen-bond donors (Lipinski definition) is 2. The van der Waals surface area contributed by atoms with Gasteiger partial charge in [-0.15, -0.1) is 6.42 Å². The number of benzene rings is 1. The van der Waals surface area contributed by atoms with Crippen molar-refractivity contribution in [2.75, 3.05) is 19.6 Å². The second-order valence-corrected chi connectivity index (χ2v) is 6.21. The van der Waals surface area contributed by atoms with Gasteiger partial charge in [-0.25, -0.2) is 0 Å². The van der Waals surface area contributed by atoms with Gasteiger partial charge in [-0.05, 0) is 30.1 Å². The predicted octanol–water partition coefficient (Wildman–Crippen LogP) is 1.67. The summed E-state index contributed by atoms with van der Waals surface area (Å²) in [5.41, 5.74) is 2.19. The van der Waals surface area contributed by atoms with Gasteiger partial charge in [0.25, 0.3) is 5.91 Å².